The van der Waals surface area contributed by atoms with Gasteiger partial charge in [0.15, 0.2) is 18.1 Å². The Morgan fingerprint density at radius 1 is 0.696 bits per heavy atom. The van der Waals surface area contributed by atoms with Gasteiger partial charge in [0, 0.05) is 12.3 Å². The van der Waals surface area contributed by atoms with Crippen molar-refractivity contribution < 1.29 is 74.4 Å². The number of carbonyl (C=O) groups is 6. The molecule has 376 valence electrons. The lowest BCUT2D eigenvalue weighted by Gasteiger charge is -2.46. The van der Waals surface area contributed by atoms with E-state index in [2.05, 4.69) is 47.2 Å². The highest BCUT2D eigenvalue weighted by molar-refractivity contribution is 5.98. The first kappa shape index (κ1) is 51.7. The topological polar surface area (TPSA) is 438 Å². The number of aromatic hydroxyl groups is 1. The van der Waals surface area contributed by atoms with Crippen LogP contribution in [0.2, 0.25) is 0 Å². The Balaban J connectivity index is 1.41. The van der Waals surface area contributed by atoms with Gasteiger partial charge in [0.2, 0.25) is 35.4 Å². The first-order valence-corrected chi connectivity index (χ1v) is 21.9. The summed E-state index contributed by atoms with van der Waals surface area (Å²) in [5.41, 5.74) is 13.0. The molecule has 0 aromatic heterocycles. The van der Waals surface area contributed by atoms with Gasteiger partial charge in [-0.15, -0.1) is 0 Å². The Kier molecular flexibility index (Phi) is 16.9. The monoisotopic (exact) mass is 970 g/mol. The Bertz CT molecular complexity index is 2240. The molecule has 2 fully saturated rings. The van der Waals surface area contributed by atoms with Crippen molar-refractivity contribution in [2.45, 2.75) is 104 Å². The predicted octanol–water partition coefficient (Wildman–Crippen LogP) is -8.91. The van der Waals surface area contributed by atoms with Crippen LogP contribution in [0.3, 0.4) is 0 Å². The molecule has 0 unspecified atom stereocenters. The Morgan fingerprint density at radius 2 is 1.32 bits per heavy atom. The average Bonchev–Trinajstić information content (AvgIpc) is 3.96. The van der Waals surface area contributed by atoms with Crippen LogP contribution in [0, 0.1) is 0 Å². The third-order valence-corrected chi connectivity index (χ3v) is 12.3. The minimum atomic E-state index is -2.25. The number of nitrogens with one attached hydrogen (secondary N) is 7. The fourth-order valence-corrected chi connectivity index (χ4v) is 8.34. The molecule has 27 nitrogen and oxygen atoms in total. The van der Waals surface area contributed by atoms with Crippen LogP contribution in [0.25, 0.3) is 0 Å². The van der Waals surface area contributed by atoms with Crippen LogP contribution in [0.5, 0.6) is 5.75 Å². The number of nitrogens with two attached hydrogens (primary N) is 2. The van der Waals surface area contributed by atoms with Gasteiger partial charge in [-0.1, -0.05) is 49.4 Å². The van der Waals surface area contributed by atoms with Crippen molar-refractivity contribution in [2.24, 2.45) is 21.5 Å². The molecule has 15 atom stereocenters. The zero-order chi connectivity index (χ0) is 50.3. The van der Waals surface area contributed by atoms with E-state index in [0.717, 1.165) is 4.90 Å². The minimum Gasteiger partial charge on any atom is -0.508 e. The smallest absolute Gasteiger partial charge is 0.246 e. The molecule has 2 saturated heterocycles. The highest BCUT2D eigenvalue weighted by Crippen LogP contribution is 2.29. The van der Waals surface area contributed by atoms with Gasteiger partial charge in [0.05, 0.1) is 44.9 Å². The van der Waals surface area contributed by atoms with E-state index in [1.807, 2.05) is 0 Å². The number of phenolic OH excluding ortho intramolecular Hbond substituents is 1. The molecular formula is C42H58N12O15. The Morgan fingerprint density at radius 3 is 1.96 bits per heavy atom. The number of aliphatic imine (C=N–C) groups is 2. The lowest BCUT2D eigenvalue weighted by molar-refractivity contribution is -0.260. The average molecular weight is 971 g/mol. The predicted molar refractivity (Wildman–Crippen MR) is 238 cm³/mol. The Labute approximate surface area is 393 Å². The van der Waals surface area contributed by atoms with E-state index < -0.39 is 159 Å². The third-order valence-electron chi connectivity index (χ3n) is 12.3. The quantitative estimate of drug-likeness (QED) is 0.0994. The lowest BCUT2D eigenvalue weighted by Crippen LogP contribution is -2.70. The molecule has 4 aliphatic heterocycles. The molecule has 2 aromatic rings. The van der Waals surface area contributed by atoms with E-state index in [1.165, 1.54) is 24.3 Å². The number of carbonyl (C=O) groups excluding carboxylic acids is 6. The standard InChI is InChI=1S/C42H58N12O15/c1-17(19-5-3-2-4-6-19)27-37(66)48-21(11-18-7-9-20(57)10-8-18)36(65)52-28(30(59)22-12-46-41(43)50-22)39(68)53-29(38(67)49-23(15-55)35(64)45-14-26(58)51-27)31(60)24-13-47-42(44)54(24)40-34(63)33(62)32(61)25(16-56)69-40/h2-10,17,21-25,27-34,40,55-57,59-63H,11-16H2,1H3,(H2,44,47)(H,45,64)(H,48,66)(H,49,67)(H,51,58)(H,52,65)(H,53,68)(H3,43,46,50)/t17-,21+,22-,23-,24-,25+,27-,28+,29+,30-,31-,32+,33-,34-,40-/m0/s1. The van der Waals surface area contributed by atoms with Crippen molar-refractivity contribution in [3.63, 3.8) is 0 Å². The zero-order valence-corrected chi connectivity index (χ0v) is 37.0. The van der Waals surface area contributed by atoms with Gasteiger partial charge in [0.25, 0.3) is 0 Å². The van der Waals surface area contributed by atoms with Crippen LogP contribution < -0.4 is 48.7 Å². The number of guanidine groups is 2. The molecule has 2 aromatic carbocycles. The van der Waals surface area contributed by atoms with Crippen LogP contribution in [0.1, 0.15) is 24.0 Å². The fraction of sp³-hybridized carbons (Fsp3) is 0.524. The molecule has 4 heterocycles. The number of ether oxygens (including phenoxy) is 1. The van der Waals surface area contributed by atoms with E-state index in [9.17, 15) is 69.6 Å². The fourth-order valence-electron chi connectivity index (χ4n) is 8.34. The maximum Gasteiger partial charge on any atom is 0.246 e. The van der Waals surface area contributed by atoms with Crippen LogP contribution in [-0.4, -0.2) is 211 Å². The van der Waals surface area contributed by atoms with Gasteiger partial charge in [-0.3, -0.25) is 38.8 Å². The molecule has 69 heavy (non-hydrogen) atoms. The summed E-state index contributed by atoms with van der Waals surface area (Å²) < 4.78 is 5.66. The number of amides is 6. The van der Waals surface area contributed by atoms with Crippen molar-refractivity contribution in [1.82, 2.24) is 42.1 Å². The van der Waals surface area contributed by atoms with E-state index in [0.29, 0.717) is 11.1 Å². The van der Waals surface area contributed by atoms with Gasteiger partial charge < -0.3 is 99.2 Å². The molecule has 0 bridgehead atoms. The van der Waals surface area contributed by atoms with E-state index >= 15 is 0 Å². The van der Waals surface area contributed by atoms with Crippen molar-refractivity contribution in [1.29, 1.82) is 0 Å². The summed E-state index contributed by atoms with van der Waals surface area (Å²) in [6, 6.07) is 2.05. The maximum atomic E-state index is 14.7. The van der Waals surface area contributed by atoms with Gasteiger partial charge in [-0.05, 0) is 23.3 Å². The molecule has 0 aliphatic carbocycles. The number of hydrogen-bond donors (Lipinski definition) is 17. The number of aliphatic hydroxyl groups excluding tert-OH is 7. The molecule has 6 rings (SSSR count). The van der Waals surface area contributed by atoms with Crippen molar-refractivity contribution in [3.05, 3.63) is 65.7 Å². The summed E-state index contributed by atoms with van der Waals surface area (Å²) in [6.07, 6.45) is -13.4. The van der Waals surface area contributed by atoms with Crippen LogP contribution >= 0.6 is 0 Å². The van der Waals surface area contributed by atoms with Crippen LogP contribution in [0.15, 0.2) is 64.6 Å². The summed E-state index contributed by atoms with van der Waals surface area (Å²) in [5.74, 6) is -8.29. The second-order valence-corrected chi connectivity index (χ2v) is 17.0. The lowest BCUT2D eigenvalue weighted by atomic mass is 9.92. The summed E-state index contributed by atoms with van der Waals surface area (Å²) in [6.45, 7) is -1.89. The number of aliphatic hydroxyl groups is 7. The molecular weight excluding hydrogens is 913 g/mol. The maximum absolute atomic E-state index is 14.7. The Hall–Kier alpha value is -6.72. The number of phenols is 1. The number of hydrogen-bond acceptors (Lipinski definition) is 21. The summed E-state index contributed by atoms with van der Waals surface area (Å²) in [4.78, 5) is 94.1. The van der Waals surface area contributed by atoms with Crippen molar-refractivity contribution in [2.75, 3.05) is 32.8 Å². The van der Waals surface area contributed by atoms with Crippen molar-refractivity contribution in [3.8, 4) is 5.75 Å². The van der Waals surface area contributed by atoms with Gasteiger partial charge in [0.1, 0.15) is 72.6 Å². The van der Waals surface area contributed by atoms with Crippen molar-refractivity contribution >= 4 is 47.4 Å². The second kappa shape index (κ2) is 22.6. The van der Waals surface area contributed by atoms with E-state index in [4.69, 9.17) is 16.2 Å². The number of rotatable bonds is 11. The highest BCUT2D eigenvalue weighted by Gasteiger charge is 2.52. The van der Waals surface area contributed by atoms with Gasteiger partial charge in [-0.25, -0.2) is 0 Å². The first-order chi connectivity index (χ1) is 32.8. The summed E-state index contributed by atoms with van der Waals surface area (Å²) in [7, 11) is 0. The largest absolute Gasteiger partial charge is 0.508 e. The molecule has 0 spiro atoms. The van der Waals surface area contributed by atoms with E-state index in [1.54, 1.807) is 37.3 Å². The molecule has 19 N–H and O–H groups in total. The summed E-state index contributed by atoms with van der Waals surface area (Å²) in [5, 5.41) is 103. The number of nitrogens with zero attached hydrogens (tertiary/aromatic N) is 3. The SMILES string of the molecule is C[C@@H](c1ccccc1)[C@@H]1NC(=O)CNC(=O)[C@H](CO)NC(=O)[C@@H]([C@@H](O)[C@@H]2CN=C(N)N2[C@H]2O[C@H](CO)[C@@H](O)[C@H](O)[C@@H]2O)NC(=O)[C@@H]([C@@H](O)[C@@H]2CN=C(N)N2)NC(=O)[C@@H](Cc2ccc(O)cc2)NC1=O. The normalized spacial score (nSPS) is 32.3. The minimum absolute atomic E-state index is 0.122. The molecule has 6 amide bonds. The zero-order valence-electron chi connectivity index (χ0n) is 37.0. The van der Waals surface area contributed by atoms with Gasteiger partial charge in [-0.2, -0.15) is 0 Å². The van der Waals surface area contributed by atoms with Crippen LogP contribution in [0.4, 0.5) is 0 Å². The molecule has 4 aliphatic rings. The van der Waals surface area contributed by atoms with Crippen LogP contribution in [-0.2, 0) is 39.9 Å². The molecule has 0 saturated carbocycles. The third kappa shape index (κ3) is 11.9. The highest BCUT2D eigenvalue weighted by atomic mass is 16.6. The second-order valence-electron chi connectivity index (χ2n) is 17.0. The number of benzene rings is 2. The first-order valence-electron chi connectivity index (χ1n) is 21.9. The van der Waals surface area contributed by atoms with E-state index in [-0.39, 0.29) is 24.7 Å². The molecule has 0 radical (unpaired) electrons. The summed E-state index contributed by atoms with van der Waals surface area (Å²) >= 11 is 0. The van der Waals surface area contributed by atoms with Gasteiger partial charge >= 0.3 is 0 Å². The molecule has 27 heteroatoms.